The van der Waals surface area contributed by atoms with Gasteiger partial charge in [-0.2, -0.15) is 0 Å². The van der Waals surface area contributed by atoms with Crippen LogP contribution in [0.3, 0.4) is 0 Å². The first-order valence-corrected chi connectivity index (χ1v) is 8.45. The molecule has 1 aromatic heterocycles. The van der Waals surface area contributed by atoms with Gasteiger partial charge in [0.2, 0.25) is 0 Å². The van der Waals surface area contributed by atoms with Crippen molar-refractivity contribution in [2.45, 2.75) is 0 Å². The van der Waals surface area contributed by atoms with Crippen molar-refractivity contribution in [1.29, 1.82) is 0 Å². The molecular weight excluding hydrogens is 366 g/mol. The zero-order valence-corrected chi connectivity index (χ0v) is 14.6. The van der Waals surface area contributed by atoms with Crippen LogP contribution >= 0.6 is 11.6 Å². The molecule has 0 aliphatic rings. The van der Waals surface area contributed by atoms with Crippen molar-refractivity contribution >= 4 is 34.2 Å². The summed E-state index contributed by atoms with van der Waals surface area (Å²) < 4.78 is 1.50. The van der Waals surface area contributed by atoms with Crippen molar-refractivity contribution in [2.75, 3.05) is 0 Å². The maximum atomic E-state index is 13.2. The summed E-state index contributed by atoms with van der Waals surface area (Å²) in [6.07, 6.45) is 0. The molecule has 27 heavy (non-hydrogen) atoms. The monoisotopic (exact) mass is 377 g/mol. The Kier molecular flexibility index (Phi) is 4.18. The smallest absolute Gasteiger partial charge is 0.268 e. The van der Waals surface area contributed by atoms with Crippen molar-refractivity contribution in [2.24, 2.45) is 0 Å². The number of benzene rings is 3. The fourth-order valence-electron chi connectivity index (χ4n) is 2.91. The third-order valence-electron chi connectivity index (χ3n) is 4.17. The number of fused-ring (bicyclic) bond motifs is 1. The van der Waals surface area contributed by atoms with Crippen molar-refractivity contribution in [1.82, 2.24) is 9.55 Å². The number of hydrogen-bond acceptors (Lipinski definition) is 4. The van der Waals surface area contributed by atoms with Gasteiger partial charge in [-0.3, -0.25) is 19.5 Å². The highest BCUT2D eigenvalue weighted by Crippen LogP contribution is 2.28. The molecule has 0 saturated carbocycles. The molecule has 1 heterocycles. The predicted octanol–water partition coefficient (Wildman–Crippen LogP) is 4.95. The Hall–Kier alpha value is -3.51. The number of rotatable bonds is 3. The third kappa shape index (κ3) is 3.07. The van der Waals surface area contributed by atoms with Crippen molar-refractivity contribution in [3.8, 4) is 11.4 Å². The molecule has 6 nitrogen and oxygen atoms in total. The van der Waals surface area contributed by atoms with Gasteiger partial charge in [0.05, 0.1) is 16.0 Å². The lowest BCUT2D eigenvalue weighted by atomic mass is 10.1. The van der Waals surface area contributed by atoms with Crippen molar-refractivity contribution < 1.29 is 9.72 Å². The minimum absolute atomic E-state index is 0.0721. The SMILES string of the molecule is O=C(c1ccc([N+](=O)[O-])cc1)n1c(-c2cccc(Cl)c2)nc2ccccc21. The van der Waals surface area contributed by atoms with Gasteiger partial charge in [0, 0.05) is 28.3 Å². The van der Waals surface area contributed by atoms with Crippen molar-refractivity contribution in [3.63, 3.8) is 0 Å². The summed E-state index contributed by atoms with van der Waals surface area (Å²) in [6, 6.07) is 19.9. The molecule has 0 aliphatic heterocycles. The van der Waals surface area contributed by atoms with Crippen LogP contribution in [0.5, 0.6) is 0 Å². The number of carbonyl (C=O) groups excluding carboxylic acids is 1. The zero-order chi connectivity index (χ0) is 19.0. The average molecular weight is 378 g/mol. The first-order chi connectivity index (χ1) is 13.0. The van der Waals surface area contributed by atoms with E-state index in [2.05, 4.69) is 4.98 Å². The van der Waals surface area contributed by atoms with Gasteiger partial charge in [-0.15, -0.1) is 0 Å². The van der Waals surface area contributed by atoms with E-state index >= 15 is 0 Å². The van der Waals surface area contributed by atoms with E-state index < -0.39 is 4.92 Å². The number of nitrogens with zero attached hydrogens (tertiary/aromatic N) is 3. The maximum absolute atomic E-state index is 13.2. The lowest BCUT2D eigenvalue weighted by Crippen LogP contribution is -2.13. The lowest BCUT2D eigenvalue weighted by Gasteiger charge is -2.08. The van der Waals surface area contributed by atoms with Crippen LogP contribution in [0, 0.1) is 10.1 Å². The quantitative estimate of drug-likeness (QED) is 0.373. The van der Waals surface area contributed by atoms with Gasteiger partial charge < -0.3 is 0 Å². The number of halogens is 1. The summed E-state index contributed by atoms with van der Waals surface area (Å²) in [6.45, 7) is 0. The first kappa shape index (κ1) is 16.9. The summed E-state index contributed by atoms with van der Waals surface area (Å²) in [7, 11) is 0. The zero-order valence-electron chi connectivity index (χ0n) is 13.9. The van der Waals surface area contributed by atoms with Crippen LogP contribution in [0.1, 0.15) is 10.4 Å². The van der Waals surface area contributed by atoms with Crippen LogP contribution in [0.4, 0.5) is 5.69 Å². The highest BCUT2D eigenvalue weighted by molar-refractivity contribution is 6.30. The Bertz CT molecular complexity index is 1180. The van der Waals surface area contributed by atoms with Gasteiger partial charge in [0.1, 0.15) is 5.82 Å². The first-order valence-electron chi connectivity index (χ1n) is 8.07. The summed E-state index contributed by atoms with van der Waals surface area (Å²) in [5.74, 6) is 0.135. The highest BCUT2D eigenvalue weighted by atomic mass is 35.5. The van der Waals surface area contributed by atoms with Crippen LogP contribution in [-0.4, -0.2) is 20.4 Å². The van der Waals surface area contributed by atoms with E-state index in [1.807, 2.05) is 24.3 Å². The number of nitro groups is 1. The molecule has 0 atom stereocenters. The summed E-state index contributed by atoms with van der Waals surface area (Å²) in [4.78, 5) is 28.1. The molecule has 0 N–H and O–H groups in total. The molecule has 7 heteroatoms. The second-order valence-electron chi connectivity index (χ2n) is 5.88. The van der Waals surface area contributed by atoms with Crippen LogP contribution in [0.2, 0.25) is 5.02 Å². The van der Waals surface area contributed by atoms with Crippen LogP contribution < -0.4 is 0 Å². The van der Waals surface area contributed by atoms with Gasteiger partial charge in [-0.1, -0.05) is 35.9 Å². The normalized spacial score (nSPS) is 10.9. The molecule has 0 spiro atoms. The second kappa shape index (κ2) is 6.66. The van der Waals surface area contributed by atoms with Crippen LogP contribution in [0.15, 0.2) is 72.8 Å². The molecule has 0 unspecified atom stereocenters. The topological polar surface area (TPSA) is 78.0 Å². The molecule has 4 rings (SSSR count). The number of para-hydroxylation sites is 2. The number of carbonyl (C=O) groups is 1. The van der Waals surface area contributed by atoms with E-state index in [1.165, 1.54) is 28.8 Å². The minimum Gasteiger partial charge on any atom is -0.268 e. The van der Waals surface area contributed by atoms with Gasteiger partial charge in [-0.25, -0.2) is 4.98 Å². The molecule has 132 valence electrons. The van der Waals surface area contributed by atoms with Gasteiger partial charge >= 0.3 is 0 Å². The van der Waals surface area contributed by atoms with E-state index in [1.54, 1.807) is 24.3 Å². The Morgan fingerprint density at radius 1 is 1.00 bits per heavy atom. The lowest BCUT2D eigenvalue weighted by molar-refractivity contribution is -0.384. The molecule has 0 fully saturated rings. The Labute approximate surface area is 158 Å². The fraction of sp³-hybridized carbons (Fsp3) is 0. The summed E-state index contributed by atoms with van der Waals surface area (Å²) in [5, 5.41) is 11.4. The molecular formula is C20H12ClN3O3. The summed E-state index contributed by atoms with van der Waals surface area (Å²) in [5.41, 5.74) is 2.27. The molecule has 4 aromatic rings. The Balaban J connectivity index is 1.90. The van der Waals surface area contributed by atoms with Crippen LogP contribution in [0.25, 0.3) is 22.4 Å². The van der Waals surface area contributed by atoms with E-state index in [4.69, 9.17) is 11.6 Å². The largest absolute Gasteiger partial charge is 0.269 e. The second-order valence-corrected chi connectivity index (χ2v) is 6.32. The highest BCUT2D eigenvalue weighted by Gasteiger charge is 2.20. The predicted molar refractivity (Wildman–Crippen MR) is 103 cm³/mol. The Morgan fingerprint density at radius 2 is 1.74 bits per heavy atom. The molecule has 0 bridgehead atoms. The molecule has 0 amide bonds. The number of aromatic nitrogens is 2. The average Bonchev–Trinajstić information content (AvgIpc) is 3.07. The van der Waals surface area contributed by atoms with E-state index in [9.17, 15) is 14.9 Å². The van der Waals surface area contributed by atoms with E-state index in [0.717, 1.165) is 0 Å². The Morgan fingerprint density at radius 3 is 2.44 bits per heavy atom. The van der Waals surface area contributed by atoms with E-state index in [0.29, 0.717) is 33.0 Å². The van der Waals surface area contributed by atoms with E-state index in [-0.39, 0.29) is 11.6 Å². The molecule has 3 aromatic carbocycles. The number of imidazole rings is 1. The number of hydrogen-bond donors (Lipinski definition) is 0. The van der Waals surface area contributed by atoms with Crippen LogP contribution in [-0.2, 0) is 0 Å². The number of non-ortho nitro benzene ring substituents is 1. The summed E-state index contributed by atoms with van der Waals surface area (Å²) >= 11 is 6.10. The molecule has 0 saturated heterocycles. The van der Waals surface area contributed by atoms with Gasteiger partial charge in [0.15, 0.2) is 0 Å². The van der Waals surface area contributed by atoms with Gasteiger partial charge in [-0.05, 0) is 36.4 Å². The molecule has 0 aliphatic carbocycles. The fourth-order valence-corrected chi connectivity index (χ4v) is 3.10. The van der Waals surface area contributed by atoms with Gasteiger partial charge in [0.25, 0.3) is 11.6 Å². The maximum Gasteiger partial charge on any atom is 0.269 e. The minimum atomic E-state index is -0.502. The standard InChI is InChI=1S/C20H12ClN3O3/c21-15-5-3-4-14(12-15)19-22-17-6-1-2-7-18(17)23(19)20(25)13-8-10-16(11-9-13)24(26)27/h1-12H. The third-order valence-corrected chi connectivity index (χ3v) is 4.41. The number of nitro benzene ring substituents is 1. The molecule has 0 radical (unpaired) electrons. The van der Waals surface area contributed by atoms with Crippen molar-refractivity contribution in [3.05, 3.63) is 93.5 Å².